The van der Waals surface area contributed by atoms with Gasteiger partial charge in [-0.05, 0) is 18.9 Å². The highest BCUT2D eigenvalue weighted by Gasteiger charge is 2.24. The largest absolute Gasteiger partial charge is 0.339 e. The smallest absolute Gasteiger partial charge is 0.319 e. The normalized spacial score (nSPS) is 17.3. The van der Waals surface area contributed by atoms with Gasteiger partial charge in [0.15, 0.2) is 0 Å². The summed E-state index contributed by atoms with van der Waals surface area (Å²) in [6.45, 7) is 5.19. The van der Waals surface area contributed by atoms with Crippen LogP contribution in [-0.4, -0.2) is 73.5 Å². The maximum Gasteiger partial charge on any atom is 0.319 e. The highest BCUT2D eigenvalue weighted by atomic mass is 16.2. The topological polar surface area (TPSA) is 69.9 Å². The van der Waals surface area contributed by atoms with Gasteiger partial charge in [-0.25, -0.2) is 4.79 Å². The summed E-state index contributed by atoms with van der Waals surface area (Å²) in [6.07, 6.45) is 1.40. The highest BCUT2D eigenvalue weighted by molar-refractivity contribution is 5.77. The van der Waals surface area contributed by atoms with Gasteiger partial charge in [-0.1, -0.05) is 6.92 Å². The van der Waals surface area contributed by atoms with Gasteiger partial charge in [0.05, 0.1) is 0 Å². The second-order valence-corrected chi connectivity index (χ2v) is 5.42. The molecule has 1 aliphatic rings. The van der Waals surface area contributed by atoms with Crippen LogP contribution in [0.4, 0.5) is 4.79 Å². The van der Waals surface area contributed by atoms with Crippen molar-refractivity contribution in [3.05, 3.63) is 0 Å². The van der Waals surface area contributed by atoms with Gasteiger partial charge < -0.3 is 20.4 Å². The first kappa shape index (κ1) is 15.8. The van der Waals surface area contributed by atoms with Gasteiger partial charge in [0, 0.05) is 46.7 Å². The van der Waals surface area contributed by atoms with Crippen LogP contribution in [0.5, 0.6) is 0 Å². The summed E-state index contributed by atoms with van der Waals surface area (Å²) in [5.74, 6) is 0.567. The van der Waals surface area contributed by atoms with Crippen molar-refractivity contribution in [3.63, 3.8) is 0 Å². The lowest BCUT2D eigenvalue weighted by molar-refractivity contribution is -0.132. The molecule has 0 aliphatic carbocycles. The van der Waals surface area contributed by atoms with Crippen molar-refractivity contribution in [2.75, 3.05) is 46.8 Å². The molecule has 6 heteroatoms. The summed E-state index contributed by atoms with van der Waals surface area (Å²) in [5.41, 5.74) is 5.54. The molecule has 1 rings (SSSR count). The number of rotatable bonds is 4. The standard InChI is InChI=1S/C13H26N4O2/c1-11(10-14)4-5-12(18)16-6-8-17(9-7-16)13(19)15(2)3/h11H,4-10,14H2,1-3H3. The van der Waals surface area contributed by atoms with Crippen molar-refractivity contribution in [2.24, 2.45) is 11.7 Å². The van der Waals surface area contributed by atoms with E-state index in [1.54, 1.807) is 23.9 Å². The molecule has 0 aromatic heterocycles. The van der Waals surface area contributed by atoms with Gasteiger partial charge in [0.25, 0.3) is 0 Å². The fraction of sp³-hybridized carbons (Fsp3) is 0.846. The van der Waals surface area contributed by atoms with E-state index in [0.717, 1.165) is 6.42 Å². The Balaban J connectivity index is 2.33. The number of nitrogens with two attached hydrogens (primary N) is 1. The monoisotopic (exact) mass is 270 g/mol. The summed E-state index contributed by atoms with van der Waals surface area (Å²) >= 11 is 0. The van der Waals surface area contributed by atoms with E-state index in [0.29, 0.717) is 45.1 Å². The first-order chi connectivity index (χ1) is 8.95. The van der Waals surface area contributed by atoms with Crippen molar-refractivity contribution in [2.45, 2.75) is 19.8 Å². The van der Waals surface area contributed by atoms with Crippen LogP contribution in [0.1, 0.15) is 19.8 Å². The Morgan fingerprint density at radius 1 is 1.16 bits per heavy atom. The molecule has 0 bridgehead atoms. The van der Waals surface area contributed by atoms with Gasteiger partial charge in [0.1, 0.15) is 0 Å². The lowest BCUT2D eigenvalue weighted by Crippen LogP contribution is -2.52. The highest BCUT2D eigenvalue weighted by Crippen LogP contribution is 2.09. The Labute approximate surface area is 115 Å². The van der Waals surface area contributed by atoms with Crippen LogP contribution >= 0.6 is 0 Å². The lowest BCUT2D eigenvalue weighted by Gasteiger charge is -2.36. The predicted octanol–water partition coefficient (Wildman–Crippen LogP) is 0.187. The minimum atomic E-state index is 0.0175. The Morgan fingerprint density at radius 3 is 2.16 bits per heavy atom. The Bertz CT molecular complexity index is 312. The zero-order valence-electron chi connectivity index (χ0n) is 12.3. The number of amides is 3. The quantitative estimate of drug-likeness (QED) is 0.792. The fourth-order valence-corrected chi connectivity index (χ4v) is 2.08. The van der Waals surface area contributed by atoms with E-state index in [1.807, 2.05) is 4.90 Å². The number of hydrogen-bond donors (Lipinski definition) is 1. The van der Waals surface area contributed by atoms with Gasteiger partial charge in [-0.3, -0.25) is 4.79 Å². The van der Waals surface area contributed by atoms with E-state index in [9.17, 15) is 9.59 Å². The first-order valence-electron chi connectivity index (χ1n) is 6.89. The van der Waals surface area contributed by atoms with E-state index < -0.39 is 0 Å². The lowest BCUT2D eigenvalue weighted by atomic mass is 10.1. The van der Waals surface area contributed by atoms with E-state index in [4.69, 9.17) is 5.73 Å². The van der Waals surface area contributed by atoms with E-state index in [1.165, 1.54) is 0 Å². The van der Waals surface area contributed by atoms with Crippen molar-refractivity contribution < 1.29 is 9.59 Å². The SMILES string of the molecule is CC(CN)CCC(=O)N1CCN(C(=O)N(C)C)CC1. The molecule has 0 saturated carbocycles. The number of carbonyl (C=O) groups excluding carboxylic acids is 2. The molecule has 110 valence electrons. The molecule has 1 fully saturated rings. The minimum absolute atomic E-state index is 0.0175. The molecule has 1 atom stereocenters. The van der Waals surface area contributed by atoms with Crippen LogP contribution < -0.4 is 5.73 Å². The average Bonchev–Trinajstić information content (AvgIpc) is 2.43. The molecular weight excluding hydrogens is 244 g/mol. The summed E-state index contributed by atoms with van der Waals surface area (Å²) in [4.78, 5) is 29.0. The molecule has 0 spiro atoms. The number of hydrogen-bond acceptors (Lipinski definition) is 3. The van der Waals surface area contributed by atoms with Gasteiger partial charge >= 0.3 is 6.03 Å². The maximum atomic E-state index is 12.0. The summed E-state index contributed by atoms with van der Waals surface area (Å²) in [5, 5.41) is 0. The molecule has 1 unspecified atom stereocenters. The van der Waals surface area contributed by atoms with Crippen LogP contribution in [-0.2, 0) is 4.79 Å². The Kier molecular flexibility index (Phi) is 6.08. The fourth-order valence-electron chi connectivity index (χ4n) is 2.08. The second kappa shape index (κ2) is 7.33. The third-order valence-electron chi connectivity index (χ3n) is 3.54. The van der Waals surface area contributed by atoms with Crippen LogP contribution in [0.25, 0.3) is 0 Å². The first-order valence-corrected chi connectivity index (χ1v) is 6.89. The van der Waals surface area contributed by atoms with Crippen LogP contribution in [0, 0.1) is 5.92 Å². The van der Waals surface area contributed by atoms with Crippen LogP contribution in [0.3, 0.4) is 0 Å². The molecule has 19 heavy (non-hydrogen) atoms. The summed E-state index contributed by atoms with van der Waals surface area (Å²) in [7, 11) is 3.49. The van der Waals surface area contributed by atoms with Crippen LogP contribution in [0.2, 0.25) is 0 Å². The number of nitrogens with zero attached hydrogens (tertiary/aromatic N) is 3. The zero-order valence-corrected chi connectivity index (χ0v) is 12.3. The number of piperazine rings is 1. The van der Waals surface area contributed by atoms with E-state index >= 15 is 0 Å². The van der Waals surface area contributed by atoms with Crippen molar-refractivity contribution in [1.29, 1.82) is 0 Å². The third kappa shape index (κ3) is 4.70. The molecule has 6 nitrogen and oxygen atoms in total. The molecule has 0 aromatic carbocycles. The van der Waals surface area contributed by atoms with Crippen LogP contribution in [0.15, 0.2) is 0 Å². The Hall–Kier alpha value is -1.30. The number of urea groups is 1. The molecule has 1 saturated heterocycles. The average molecular weight is 270 g/mol. The third-order valence-corrected chi connectivity index (χ3v) is 3.54. The van der Waals surface area contributed by atoms with Crippen molar-refractivity contribution in [3.8, 4) is 0 Å². The van der Waals surface area contributed by atoms with E-state index in [-0.39, 0.29) is 11.9 Å². The van der Waals surface area contributed by atoms with E-state index in [2.05, 4.69) is 6.92 Å². The van der Waals surface area contributed by atoms with Crippen molar-refractivity contribution in [1.82, 2.24) is 14.7 Å². The molecular formula is C13H26N4O2. The van der Waals surface area contributed by atoms with Gasteiger partial charge in [-0.2, -0.15) is 0 Å². The molecule has 1 heterocycles. The molecule has 2 N–H and O–H groups in total. The predicted molar refractivity (Wildman–Crippen MR) is 74.7 cm³/mol. The molecule has 3 amide bonds. The maximum absolute atomic E-state index is 12.0. The number of carbonyl (C=O) groups is 2. The van der Waals surface area contributed by atoms with Gasteiger partial charge in [-0.15, -0.1) is 0 Å². The van der Waals surface area contributed by atoms with Gasteiger partial charge in [0.2, 0.25) is 5.91 Å². The summed E-state index contributed by atoms with van der Waals surface area (Å²) in [6, 6.07) is 0.0175. The zero-order chi connectivity index (χ0) is 14.4. The minimum Gasteiger partial charge on any atom is -0.339 e. The molecule has 0 aromatic rings. The Morgan fingerprint density at radius 2 is 1.68 bits per heavy atom. The second-order valence-electron chi connectivity index (χ2n) is 5.42. The molecule has 1 aliphatic heterocycles. The van der Waals surface area contributed by atoms with Crippen molar-refractivity contribution >= 4 is 11.9 Å². The molecule has 0 radical (unpaired) electrons. The summed E-state index contributed by atoms with van der Waals surface area (Å²) < 4.78 is 0.